The van der Waals surface area contributed by atoms with Crippen LogP contribution in [-0.2, 0) is 25.5 Å². The van der Waals surface area contributed by atoms with Gasteiger partial charge in [-0.3, -0.25) is 14.6 Å². The Hall–Kier alpha value is -4.59. The number of ether oxygens (including phenoxy) is 2. The summed E-state index contributed by atoms with van der Waals surface area (Å²) in [5.74, 6) is -1.44. The zero-order chi connectivity index (χ0) is 34.0. The molecule has 2 aliphatic rings. The molecule has 6 rings (SSSR count). The van der Waals surface area contributed by atoms with Gasteiger partial charge in [-0.2, -0.15) is 0 Å². The first-order valence-electron chi connectivity index (χ1n) is 16.9. The molecule has 8 heteroatoms. The summed E-state index contributed by atoms with van der Waals surface area (Å²) in [5.41, 5.74) is 3.93. The number of carbonyl (C=O) groups is 3. The van der Waals surface area contributed by atoms with Crippen molar-refractivity contribution in [2.75, 3.05) is 6.61 Å². The highest BCUT2D eigenvalue weighted by atomic mass is 19.1. The molecule has 1 saturated heterocycles. The number of benzene rings is 3. The molecule has 0 radical (unpaired) electrons. The van der Waals surface area contributed by atoms with Crippen molar-refractivity contribution >= 4 is 28.9 Å². The highest BCUT2D eigenvalue weighted by Gasteiger charge is 2.44. The molecule has 48 heavy (non-hydrogen) atoms. The van der Waals surface area contributed by atoms with E-state index in [1.54, 1.807) is 18.3 Å². The summed E-state index contributed by atoms with van der Waals surface area (Å²) in [6.45, 7) is 7.50. The molecule has 3 aromatic carbocycles. The van der Waals surface area contributed by atoms with Gasteiger partial charge in [-0.15, -0.1) is 0 Å². The Morgan fingerprint density at radius 3 is 2.38 bits per heavy atom. The fraction of sp³-hybridized carbons (Fsp3) is 0.400. The summed E-state index contributed by atoms with van der Waals surface area (Å²) in [4.78, 5) is 46.1. The third-order valence-electron chi connectivity index (χ3n) is 9.83. The lowest BCUT2D eigenvalue weighted by molar-refractivity contribution is -0.156. The molecule has 250 valence electrons. The number of nitrogens with zero attached hydrogens (tertiary/aromatic N) is 2. The van der Waals surface area contributed by atoms with E-state index in [2.05, 4.69) is 4.98 Å². The number of hydrogen-bond acceptors (Lipinski definition) is 6. The van der Waals surface area contributed by atoms with Crippen LogP contribution in [0, 0.1) is 17.7 Å². The van der Waals surface area contributed by atoms with Crippen molar-refractivity contribution in [2.24, 2.45) is 11.8 Å². The SMILES string of the molecule is CC(C(=O)OC(C)(C)C)c1ccc(C[C@@H](C(=O)N2C(=O)OC[C@H]2c2ccccc2)C2CCC(c3ccnc4ccc(F)cc34)CC2)cc1. The van der Waals surface area contributed by atoms with Crippen LogP contribution in [0.5, 0.6) is 0 Å². The first kappa shape index (κ1) is 33.3. The number of carbonyl (C=O) groups excluding carboxylic acids is 3. The normalized spacial score (nSPS) is 21.1. The smallest absolute Gasteiger partial charge is 0.417 e. The van der Waals surface area contributed by atoms with Gasteiger partial charge in [-0.1, -0.05) is 54.6 Å². The van der Waals surface area contributed by atoms with E-state index < -0.39 is 29.6 Å². The van der Waals surface area contributed by atoms with Crippen LogP contribution in [0.1, 0.15) is 93.5 Å². The minimum Gasteiger partial charge on any atom is -0.460 e. The van der Waals surface area contributed by atoms with Crippen molar-refractivity contribution in [1.82, 2.24) is 9.88 Å². The van der Waals surface area contributed by atoms with E-state index in [9.17, 15) is 18.8 Å². The highest BCUT2D eigenvalue weighted by Crippen LogP contribution is 2.43. The van der Waals surface area contributed by atoms with Crippen molar-refractivity contribution in [2.45, 2.75) is 83.3 Å². The predicted octanol–water partition coefficient (Wildman–Crippen LogP) is 8.67. The molecule has 1 aliphatic heterocycles. The zero-order valence-electron chi connectivity index (χ0n) is 28.0. The van der Waals surface area contributed by atoms with Crippen molar-refractivity contribution in [1.29, 1.82) is 0 Å². The number of hydrogen-bond donors (Lipinski definition) is 0. The van der Waals surface area contributed by atoms with Crippen LogP contribution in [0.3, 0.4) is 0 Å². The zero-order valence-corrected chi connectivity index (χ0v) is 28.0. The first-order valence-corrected chi connectivity index (χ1v) is 16.9. The van der Waals surface area contributed by atoms with Crippen LogP contribution < -0.4 is 0 Å². The van der Waals surface area contributed by atoms with Crippen molar-refractivity contribution in [3.05, 3.63) is 113 Å². The van der Waals surface area contributed by atoms with Gasteiger partial charge < -0.3 is 9.47 Å². The third-order valence-corrected chi connectivity index (χ3v) is 9.83. The summed E-state index contributed by atoms with van der Waals surface area (Å²) >= 11 is 0. The summed E-state index contributed by atoms with van der Waals surface area (Å²) in [5, 5.41) is 0.833. The van der Waals surface area contributed by atoms with Crippen molar-refractivity contribution in [3.8, 4) is 0 Å². The second kappa shape index (κ2) is 13.9. The van der Waals surface area contributed by atoms with Crippen LogP contribution in [0.15, 0.2) is 85.1 Å². The number of amides is 2. The molecule has 1 aliphatic carbocycles. The van der Waals surface area contributed by atoms with Gasteiger partial charge >= 0.3 is 12.1 Å². The number of fused-ring (bicyclic) bond motifs is 1. The molecular weight excluding hydrogens is 607 g/mol. The molecule has 7 nitrogen and oxygen atoms in total. The van der Waals surface area contributed by atoms with Gasteiger partial charge in [0.15, 0.2) is 0 Å². The van der Waals surface area contributed by atoms with E-state index in [-0.39, 0.29) is 36.1 Å². The summed E-state index contributed by atoms with van der Waals surface area (Å²) in [7, 11) is 0. The van der Waals surface area contributed by atoms with Gasteiger partial charge in [0.05, 0.1) is 11.4 Å². The molecule has 0 bridgehead atoms. The third kappa shape index (κ3) is 7.28. The maximum absolute atomic E-state index is 14.5. The van der Waals surface area contributed by atoms with Crippen molar-refractivity contribution < 1.29 is 28.2 Å². The lowest BCUT2D eigenvalue weighted by atomic mass is 9.71. The number of pyridine rings is 1. The van der Waals surface area contributed by atoms with Crippen LogP contribution >= 0.6 is 0 Å². The van der Waals surface area contributed by atoms with E-state index in [1.165, 1.54) is 11.0 Å². The van der Waals surface area contributed by atoms with Crippen LogP contribution in [-0.4, -0.2) is 40.1 Å². The maximum Gasteiger partial charge on any atom is 0.417 e. The number of halogens is 1. The van der Waals surface area contributed by atoms with Crippen LogP contribution in [0.4, 0.5) is 9.18 Å². The monoisotopic (exact) mass is 650 g/mol. The molecule has 0 N–H and O–H groups in total. The Morgan fingerprint density at radius 1 is 0.979 bits per heavy atom. The summed E-state index contributed by atoms with van der Waals surface area (Å²) < 4.78 is 25.3. The molecular formula is C40H43FN2O5. The molecule has 0 spiro atoms. The average molecular weight is 651 g/mol. The lowest BCUT2D eigenvalue weighted by Crippen LogP contribution is -2.42. The summed E-state index contributed by atoms with van der Waals surface area (Å²) in [6, 6.07) is 23.5. The Kier molecular flexibility index (Phi) is 9.63. The van der Waals surface area contributed by atoms with E-state index in [4.69, 9.17) is 9.47 Å². The lowest BCUT2D eigenvalue weighted by Gasteiger charge is -2.35. The van der Waals surface area contributed by atoms with Gasteiger partial charge in [0.25, 0.3) is 0 Å². The van der Waals surface area contributed by atoms with E-state index in [0.29, 0.717) is 6.42 Å². The van der Waals surface area contributed by atoms with Gasteiger partial charge in [0.1, 0.15) is 24.1 Å². The molecule has 2 amide bonds. The molecule has 2 fully saturated rings. The minimum atomic E-state index is -0.612. The molecule has 4 aromatic rings. The second-order valence-corrected chi connectivity index (χ2v) is 14.2. The molecule has 3 atom stereocenters. The minimum absolute atomic E-state index is 0.0313. The average Bonchev–Trinajstić information content (AvgIpc) is 3.47. The number of imide groups is 1. The number of esters is 1. The van der Waals surface area contributed by atoms with Gasteiger partial charge in [0, 0.05) is 17.5 Å². The Labute approximate surface area is 281 Å². The molecule has 1 unspecified atom stereocenters. The standard InChI is InChI=1S/C40H43FN2O5/c1-25(38(45)48-40(2,3)4)27-12-10-26(11-13-27)22-33(37(44)43-36(24-47-39(43)46)30-8-6-5-7-9-30)29-16-14-28(15-17-29)32-20-21-42-35-19-18-31(41)23-34(32)35/h5-13,18-21,23,25,28-29,33,36H,14-17,22,24H2,1-4H3/t25?,28?,29?,33-,36+/m1/s1. The highest BCUT2D eigenvalue weighted by molar-refractivity contribution is 5.95. The van der Waals surface area contributed by atoms with Gasteiger partial charge in [-0.05, 0) is 118 Å². The van der Waals surface area contributed by atoms with Crippen molar-refractivity contribution in [3.63, 3.8) is 0 Å². The Bertz CT molecular complexity index is 1780. The summed E-state index contributed by atoms with van der Waals surface area (Å²) in [6.07, 6.45) is 4.86. The van der Waals surface area contributed by atoms with E-state index >= 15 is 0 Å². The quantitative estimate of drug-likeness (QED) is 0.178. The number of aromatic nitrogens is 1. The van der Waals surface area contributed by atoms with Gasteiger partial charge in [-0.25, -0.2) is 14.1 Å². The first-order chi connectivity index (χ1) is 23.0. The largest absolute Gasteiger partial charge is 0.460 e. The number of rotatable bonds is 8. The number of cyclic esters (lactones) is 1. The van der Waals surface area contributed by atoms with Gasteiger partial charge in [0.2, 0.25) is 5.91 Å². The second-order valence-electron chi connectivity index (χ2n) is 14.2. The van der Waals surface area contributed by atoms with E-state index in [1.807, 2.05) is 88.4 Å². The topological polar surface area (TPSA) is 85.8 Å². The molecule has 1 aromatic heterocycles. The molecule has 2 heterocycles. The molecule has 1 saturated carbocycles. The van der Waals surface area contributed by atoms with E-state index in [0.717, 1.165) is 58.8 Å². The Morgan fingerprint density at radius 2 is 1.69 bits per heavy atom. The predicted molar refractivity (Wildman–Crippen MR) is 182 cm³/mol. The van der Waals surface area contributed by atoms with Crippen LogP contribution in [0.25, 0.3) is 10.9 Å². The fourth-order valence-corrected chi connectivity index (χ4v) is 7.27. The fourth-order valence-electron chi connectivity index (χ4n) is 7.27. The maximum atomic E-state index is 14.5. The Balaban J connectivity index is 1.25. The van der Waals surface area contributed by atoms with Crippen LogP contribution in [0.2, 0.25) is 0 Å².